The molecule has 0 unspecified atom stereocenters. The molecule has 2 aromatic heterocycles. The molecule has 3 aromatic rings. The van der Waals surface area contributed by atoms with Gasteiger partial charge in [0.05, 0.1) is 11.3 Å². The molecule has 1 aromatic carbocycles. The number of benzene rings is 1. The molecule has 0 radical (unpaired) electrons. The number of nitrogens with one attached hydrogen (secondary N) is 1. The molecule has 160 valence electrons. The molecule has 13 nitrogen and oxygen atoms in total. The van der Waals surface area contributed by atoms with Crippen LogP contribution in [0, 0.1) is 0 Å². The first-order valence-corrected chi connectivity index (χ1v) is 9.16. The summed E-state index contributed by atoms with van der Waals surface area (Å²) in [6.45, 7) is -0.341. The van der Waals surface area contributed by atoms with Gasteiger partial charge in [-0.3, -0.25) is 24.3 Å². The third-order valence-electron chi connectivity index (χ3n) is 4.38. The van der Waals surface area contributed by atoms with Gasteiger partial charge in [-0.25, -0.2) is 9.79 Å². The van der Waals surface area contributed by atoms with Gasteiger partial charge in [0, 0.05) is 18.9 Å². The van der Waals surface area contributed by atoms with Crippen molar-refractivity contribution in [3.63, 3.8) is 0 Å². The van der Waals surface area contributed by atoms with Crippen LogP contribution in [0.15, 0.2) is 53.8 Å². The Kier molecular flexibility index (Phi) is 5.44. The minimum absolute atomic E-state index is 0.0736. The number of aromatic nitrogens is 5. The molecule has 0 bridgehead atoms. The maximum absolute atomic E-state index is 12.8. The standard InChI is InChI=1S/C19H14N8O5/c28-14-10-26(17(30)15(22-14)16(29)21-9-11-5-7-20-8-6-11)19-23-25-27(24-19)13-3-1-12(2-4-13)18(31)32/h1-8H,9-10H2,(H,21,29)(H,31,32). The molecule has 0 aliphatic carbocycles. The first-order chi connectivity index (χ1) is 15.4. The Balaban J connectivity index is 1.50. The molecule has 0 saturated carbocycles. The highest BCUT2D eigenvalue weighted by atomic mass is 16.4. The van der Waals surface area contributed by atoms with E-state index in [2.05, 4.69) is 30.7 Å². The molecule has 0 saturated heterocycles. The lowest BCUT2D eigenvalue weighted by atomic mass is 10.2. The van der Waals surface area contributed by atoms with Crippen molar-refractivity contribution in [2.45, 2.75) is 6.54 Å². The van der Waals surface area contributed by atoms with E-state index in [1.807, 2.05) is 0 Å². The zero-order valence-corrected chi connectivity index (χ0v) is 16.2. The number of carboxylic acids is 1. The molecular formula is C19H14N8O5. The van der Waals surface area contributed by atoms with E-state index in [4.69, 9.17) is 5.11 Å². The van der Waals surface area contributed by atoms with Crippen molar-refractivity contribution in [3.8, 4) is 5.69 Å². The molecule has 0 atom stereocenters. The van der Waals surface area contributed by atoms with Crippen molar-refractivity contribution in [1.82, 2.24) is 30.5 Å². The summed E-state index contributed by atoms with van der Waals surface area (Å²) in [7, 11) is 0. The number of pyridine rings is 1. The highest BCUT2D eigenvalue weighted by Crippen LogP contribution is 2.14. The Morgan fingerprint density at radius 1 is 1.06 bits per heavy atom. The first-order valence-electron chi connectivity index (χ1n) is 9.16. The lowest BCUT2D eigenvalue weighted by Crippen LogP contribution is -2.50. The zero-order chi connectivity index (χ0) is 22.7. The predicted octanol–water partition coefficient (Wildman–Crippen LogP) is -0.614. The van der Waals surface area contributed by atoms with Gasteiger partial charge in [-0.05, 0) is 47.2 Å². The molecule has 3 heterocycles. The van der Waals surface area contributed by atoms with E-state index < -0.39 is 35.9 Å². The molecule has 1 aliphatic rings. The summed E-state index contributed by atoms with van der Waals surface area (Å²) < 4.78 is 0. The number of tetrazole rings is 1. The second-order valence-corrected chi connectivity index (χ2v) is 6.51. The van der Waals surface area contributed by atoms with Crippen LogP contribution in [0.4, 0.5) is 5.95 Å². The van der Waals surface area contributed by atoms with Crippen molar-refractivity contribution in [1.29, 1.82) is 0 Å². The Bertz CT molecular complexity index is 1240. The molecule has 0 fully saturated rings. The van der Waals surface area contributed by atoms with E-state index in [1.165, 1.54) is 24.3 Å². The summed E-state index contributed by atoms with van der Waals surface area (Å²) in [5.74, 6) is -3.69. The predicted molar refractivity (Wildman–Crippen MR) is 107 cm³/mol. The van der Waals surface area contributed by atoms with Crippen molar-refractivity contribution < 1.29 is 24.3 Å². The summed E-state index contributed by atoms with van der Waals surface area (Å²) in [5, 5.41) is 23.2. The van der Waals surface area contributed by atoms with E-state index in [0.29, 0.717) is 5.69 Å². The maximum atomic E-state index is 12.8. The summed E-state index contributed by atoms with van der Waals surface area (Å²) in [4.78, 5) is 57.6. The van der Waals surface area contributed by atoms with Gasteiger partial charge in [0.15, 0.2) is 5.71 Å². The van der Waals surface area contributed by atoms with Crippen LogP contribution in [0.1, 0.15) is 15.9 Å². The lowest BCUT2D eigenvalue weighted by molar-refractivity contribution is -0.123. The van der Waals surface area contributed by atoms with Gasteiger partial charge < -0.3 is 10.4 Å². The first kappa shape index (κ1) is 20.5. The van der Waals surface area contributed by atoms with Crippen molar-refractivity contribution in [2.75, 3.05) is 11.4 Å². The van der Waals surface area contributed by atoms with Crippen LogP contribution in [0.5, 0.6) is 0 Å². The molecule has 4 rings (SSSR count). The van der Waals surface area contributed by atoms with E-state index in [-0.39, 0.29) is 18.1 Å². The van der Waals surface area contributed by atoms with E-state index in [1.54, 1.807) is 24.5 Å². The van der Waals surface area contributed by atoms with E-state index in [0.717, 1.165) is 15.3 Å². The molecule has 13 heteroatoms. The van der Waals surface area contributed by atoms with E-state index >= 15 is 0 Å². The van der Waals surface area contributed by atoms with Gasteiger partial charge >= 0.3 is 5.97 Å². The quantitative estimate of drug-likeness (QED) is 0.513. The third kappa shape index (κ3) is 4.21. The Labute approximate surface area is 179 Å². The topological polar surface area (TPSA) is 173 Å². The number of aliphatic imine (C=N–C) groups is 1. The number of hydrogen-bond donors (Lipinski definition) is 2. The van der Waals surface area contributed by atoms with Crippen LogP contribution >= 0.6 is 0 Å². The number of hydrogen-bond acceptors (Lipinski definition) is 8. The largest absolute Gasteiger partial charge is 0.478 e. The number of rotatable bonds is 6. The average molecular weight is 434 g/mol. The normalized spacial score (nSPS) is 13.6. The average Bonchev–Trinajstić information content (AvgIpc) is 3.29. The zero-order valence-electron chi connectivity index (χ0n) is 16.2. The summed E-state index contributed by atoms with van der Waals surface area (Å²) in [6.07, 6.45) is 3.11. The SMILES string of the molecule is O=C1CN(c2nnn(-c3ccc(C(=O)O)cc3)n2)C(=O)C(C(=O)NCc2ccncc2)=N1. The van der Waals surface area contributed by atoms with Crippen LogP contribution in [-0.2, 0) is 20.9 Å². The Hall–Kier alpha value is -4.81. The molecule has 2 N–H and O–H groups in total. The smallest absolute Gasteiger partial charge is 0.335 e. The van der Waals surface area contributed by atoms with Gasteiger partial charge in [-0.15, -0.1) is 9.90 Å². The summed E-state index contributed by atoms with van der Waals surface area (Å²) in [5.41, 5.74) is 0.620. The van der Waals surface area contributed by atoms with Crippen molar-refractivity contribution in [2.24, 2.45) is 4.99 Å². The number of amides is 3. The maximum Gasteiger partial charge on any atom is 0.335 e. The number of anilines is 1. The minimum atomic E-state index is -1.09. The number of carbonyl (C=O) groups excluding carboxylic acids is 3. The number of aromatic carboxylic acids is 1. The number of carbonyl (C=O) groups is 4. The molecule has 32 heavy (non-hydrogen) atoms. The van der Waals surface area contributed by atoms with Gasteiger partial charge in [0.25, 0.3) is 23.7 Å². The van der Waals surface area contributed by atoms with Crippen LogP contribution in [0.2, 0.25) is 0 Å². The van der Waals surface area contributed by atoms with E-state index in [9.17, 15) is 19.2 Å². The van der Waals surface area contributed by atoms with Gasteiger partial charge in [-0.2, -0.15) is 0 Å². The number of carboxylic acid groups (broad SMARTS) is 1. The van der Waals surface area contributed by atoms with Crippen LogP contribution in [0.25, 0.3) is 5.69 Å². The molecule has 3 amide bonds. The second kappa shape index (κ2) is 8.51. The molecule has 1 aliphatic heterocycles. The monoisotopic (exact) mass is 434 g/mol. The van der Waals surface area contributed by atoms with Crippen molar-refractivity contribution >= 4 is 35.4 Å². The Morgan fingerprint density at radius 3 is 2.47 bits per heavy atom. The highest BCUT2D eigenvalue weighted by Gasteiger charge is 2.35. The Morgan fingerprint density at radius 2 is 1.78 bits per heavy atom. The van der Waals surface area contributed by atoms with Crippen LogP contribution in [0.3, 0.4) is 0 Å². The van der Waals surface area contributed by atoms with Gasteiger partial charge in [-0.1, -0.05) is 5.10 Å². The fourth-order valence-electron chi connectivity index (χ4n) is 2.78. The highest BCUT2D eigenvalue weighted by molar-refractivity contribution is 6.69. The van der Waals surface area contributed by atoms with Crippen LogP contribution < -0.4 is 10.2 Å². The van der Waals surface area contributed by atoms with Crippen molar-refractivity contribution in [3.05, 3.63) is 59.9 Å². The fraction of sp³-hybridized carbons (Fsp3) is 0.105. The fourth-order valence-corrected chi connectivity index (χ4v) is 2.78. The minimum Gasteiger partial charge on any atom is -0.478 e. The molecular weight excluding hydrogens is 420 g/mol. The summed E-state index contributed by atoms with van der Waals surface area (Å²) in [6, 6.07) is 9.00. The molecule has 0 spiro atoms. The summed E-state index contributed by atoms with van der Waals surface area (Å²) >= 11 is 0. The second-order valence-electron chi connectivity index (χ2n) is 6.51. The van der Waals surface area contributed by atoms with Gasteiger partial charge in [0.1, 0.15) is 6.54 Å². The van der Waals surface area contributed by atoms with Crippen LogP contribution in [-0.4, -0.2) is 66.2 Å². The third-order valence-corrected chi connectivity index (χ3v) is 4.38. The van der Waals surface area contributed by atoms with Gasteiger partial charge in [0.2, 0.25) is 0 Å². The number of nitrogens with zero attached hydrogens (tertiary/aromatic N) is 7. The lowest BCUT2D eigenvalue weighted by Gasteiger charge is -2.21.